The molecule has 1 amide bonds. The van der Waals surface area contributed by atoms with Crippen molar-refractivity contribution in [3.63, 3.8) is 0 Å². The second-order valence-electron chi connectivity index (χ2n) is 6.10. The quantitative estimate of drug-likeness (QED) is 0.699. The van der Waals surface area contributed by atoms with Gasteiger partial charge in [-0.2, -0.15) is 0 Å². The maximum atomic E-state index is 12.3. The first-order valence-electron chi connectivity index (χ1n) is 8.44. The van der Waals surface area contributed by atoms with Gasteiger partial charge in [0.05, 0.1) is 12.5 Å². The molecule has 25 heavy (non-hydrogen) atoms. The first-order chi connectivity index (χ1) is 11.9. The zero-order chi connectivity index (χ0) is 18.4. The monoisotopic (exact) mass is 348 g/mol. The minimum atomic E-state index is -1.08. The average molecular weight is 348 g/mol. The number of rotatable bonds is 8. The van der Waals surface area contributed by atoms with Gasteiger partial charge < -0.3 is 15.2 Å². The van der Waals surface area contributed by atoms with Crippen LogP contribution in [0.4, 0.5) is 4.79 Å². The van der Waals surface area contributed by atoms with Gasteiger partial charge in [-0.25, -0.2) is 4.79 Å². The van der Waals surface area contributed by atoms with Gasteiger partial charge in [-0.15, -0.1) is 0 Å². The Balaban J connectivity index is 1.85. The van der Waals surface area contributed by atoms with E-state index in [0.717, 1.165) is 25.0 Å². The number of Topliss-reactive ketones (excluding diaryl/α,β-unsaturated/α-hetero) is 1. The van der Waals surface area contributed by atoms with Crippen LogP contribution in [0.5, 0.6) is 0 Å². The van der Waals surface area contributed by atoms with Crippen molar-refractivity contribution < 1.29 is 24.2 Å². The largest absolute Gasteiger partial charge is 0.481 e. The number of carbonyl (C=O) groups excluding carboxylic acids is 2. The van der Waals surface area contributed by atoms with Crippen molar-refractivity contribution in [3.8, 4) is 0 Å². The SMILES string of the molecule is C=C(COC(=O)N1CCC2=C1C=CCC2)NC(CC(=O)O)C(=O)CC. The first kappa shape index (κ1) is 18.8. The molecule has 0 aromatic heterocycles. The highest BCUT2D eigenvalue weighted by molar-refractivity contribution is 5.87. The van der Waals surface area contributed by atoms with Crippen molar-refractivity contribution in [1.82, 2.24) is 10.2 Å². The Bertz CT molecular complexity index is 635. The van der Waals surface area contributed by atoms with E-state index in [1.54, 1.807) is 11.8 Å². The number of nitrogens with one attached hydrogen (secondary N) is 1. The second kappa shape index (κ2) is 8.50. The summed E-state index contributed by atoms with van der Waals surface area (Å²) in [6.45, 7) is 5.87. The van der Waals surface area contributed by atoms with E-state index in [2.05, 4.69) is 11.9 Å². The van der Waals surface area contributed by atoms with Crippen LogP contribution in [-0.2, 0) is 14.3 Å². The Morgan fingerprint density at radius 2 is 2.16 bits per heavy atom. The number of allylic oxidation sites excluding steroid dienone is 2. The summed E-state index contributed by atoms with van der Waals surface area (Å²) in [5, 5.41) is 11.6. The fourth-order valence-electron chi connectivity index (χ4n) is 2.97. The predicted octanol–water partition coefficient (Wildman–Crippen LogP) is 2.36. The van der Waals surface area contributed by atoms with Crippen LogP contribution in [0.25, 0.3) is 0 Å². The predicted molar refractivity (Wildman–Crippen MR) is 91.7 cm³/mol. The van der Waals surface area contributed by atoms with Crippen molar-refractivity contribution in [2.24, 2.45) is 0 Å². The smallest absolute Gasteiger partial charge is 0.414 e. The zero-order valence-electron chi connectivity index (χ0n) is 14.4. The van der Waals surface area contributed by atoms with Crippen LogP contribution in [0.3, 0.4) is 0 Å². The molecule has 0 spiro atoms. The Morgan fingerprint density at radius 1 is 1.40 bits per heavy atom. The second-order valence-corrected chi connectivity index (χ2v) is 6.10. The van der Waals surface area contributed by atoms with E-state index in [0.29, 0.717) is 12.2 Å². The average Bonchev–Trinajstić information content (AvgIpc) is 3.02. The molecule has 0 bridgehead atoms. The van der Waals surface area contributed by atoms with E-state index in [4.69, 9.17) is 9.84 Å². The molecule has 0 aromatic carbocycles. The number of ether oxygens (including phenoxy) is 1. The molecule has 1 unspecified atom stereocenters. The van der Waals surface area contributed by atoms with Gasteiger partial charge in [0.25, 0.3) is 0 Å². The molecule has 0 saturated carbocycles. The van der Waals surface area contributed by atoms with E-state index in [1.807, 2.05) is 12.2 Å². The minimum absolute atomic E-state index is 0.116. The number of carboxylic acids is 1. The molecule has 7 nitrogen and oxygen atoms in total. The lowest BCUT2D eigenvalue weighted by Crippen LogP contribution is -2.39. The van der Waals surface area contributed by atoms with Crippen LogP contribution in [0.2, 0.25) is 0 Å². The van der Waals surface area contributed by atoms with Crippen LogP contribution < -0.4 is 5.32 Å². The fraction of sp³-hybridized carbons (Fsp3) is 0.500. The number of nitrogens with zero attached hydrogens (tertiary/aromatic N) is 1. The van der Waals surface area contributed by atoms with Crippen molar-refractivity contribution in [2.45, 2.75) is 45.1 Å². The molecule has 0 radical (unpaired) electrons. The number of carboxylic acid groups (broad SMARTS) is 1. The summed E-state index contributed by atoms with van der Waals surface area (Å²) < 4.78 is 5.25. The maximum Gasteiger partial charge on any atom is 0.414 e. The van der Waals surface area contributed by atoms with Gasteiger partial charge in [0, 0.05) is 24.4 Å². The molecule has 7 heteroatoms. The van der Waals surface area contributed by atoms with Crippen LogP contribution in [0.1, 0.15) is 39.0 Å². The number of ketones is 1. The number of amides is 1. The first-order valence-corrected chi connectivity index (χ1v) is 8.44. The highest BCUT2D eigenvalue weighted by Crippen LogP contribution is 2.31. The molecular formula is C18H24N2O5. The molecule has 1 heterocycles. The van der Waals surface area contributed by atoms with Crippen LogP contribution in [-0.4, -0.2) is 47.0 Å². The Morgan fingerprint density at radius 3 is 2.84 bits per heavy atom. The summed E-state index contributed by atoms with van der Waals surface area (Å²) in [7, 11) is 0. The van der Waals surface area contributed by atoms with Crippen LogP contribution in [0, 0.1) is 0 Å². The molecule has 136 valence electrons. The molecule has 0 fully saturated rings. The lowest BCUT2D eigenvalue weighted by atomic mass is 10.0. The molecule has 2 aliphatic rings. The molecule has 1 aliphatic heterocycles. The van der Waals surface area contributed by atoms with Crippen LogP contribution in [0.15, 0.2) is 35.7 Å². The number of hydrogen-bond acceptors (Lipinski definition) is 5. The summed E-state index contributed by atoms with van der Waals surface area (Å²) in [5.41, 5.74) is 2.49. The molecule has 0 saturated heterocycles. The molecule has 2 rings (SSSR count). The lowest BCUT2D eigenvalue weighted by molar-refractivity contribution is -0.139. The zero-order valence-corrected chi connectivity index (χ0v) is 14.4. The summed E-state index contributed by atoms with van der Waals surface area (Å²) in [6, 6.07) is -0.865. The van der Waals surface area contributed by atoms with Crippen molar-refractivity contribution >= 4 is 17.8 Å². The van der Waals surface area contributed by atoms with Crippen molar-refractivity contribution in [3.05, 3.63) is 35.7 Å². The van der Waals surface area contributed by atoms with Gasteiger partial charge in [-0.05, 0) is 30.9 Å². The Kier molecular flexibility index (Phi) is 6.38. The molecule has 2 N–H and O–H groups in total. The number of aliphatic carboxylic acids is 1. The van der Waals surface area contributed by atoms with Gasteiger partial charge in [-0.3, -0.25) is 14.5 Å². The third-order valence-corrected chi connectivity index (χ3v) is 4.26. The molecule has 1 aliphatic carbocycles. The van der Waals surface area contributed by atoms with E-state index < -0.39 is 18.1 Å². The van der Waals surface area contributed by atoms with E-state index in [-0.39, 0.29) is 25.2 Å². The van der Waals surface area contributed by atoms with Crippen molar-refractivity contribution in [2.75, 3.05) is 13.2 Å². The molecule has 0 aromatic rings. The van der Waals surface area contributed by atoms with E-state index >= 15 is 0 Å². The summed E-state index contributed by atoms with van der Waals surface area (Å²) in [5.74, 6) is -1.30. The standard InChI is InChI=1S/C18H24N2O5/c1-3-16(21)14(10-17(22)23)19-12(2)11-25-18(24)20-9-8-13-6-4-5-7-15(13)20/h5,7,14,19H,2-4,6,8-11H2,1H3,(H,22,23). The Labute approximate surface area is 147 Å². The highest BCUT2D eigenvalue weighted by atomic mass is 16.6. The van der Waals surface area contributed by atoms with E-state index in [9.17, 15) is 14.4 Å². The van der Waals surface area contributed by atoms with Crippen LogP contribution >= 0.6 is 0 Å². The van der Waals surface area contributed by atoms with Gasteiger partial charge in [0.2, 0.25) is 0 Å². The third kappa shape index (κ3) is 4.95. The van der Waals surface area contributed by atoms with Gasteiger partial charge in [-0.1, -0.05) is 19.6 Å². The van der Waals surface area contributed by atoms with Gasteiger partial charge >= 0.3 is 12.1 Å². The molecule has 1 atom stereocenters. The summed E-state index contributed by atoms with van der Waals surface area (Å²) >= 11 is 0. The van der Waals surface area contributed by atoms with E-state index in [1.165, 1.54) is 5.57 Å². The van der Waals surface area contributed by atoms with Crippen molar-refractivity contribution in [1.29, 1.82) is 0 Å². The highest BCUT2D eigenvalue weighted by Gasteiger charge is 2.28. The maximum absolute atomic E-state index is 12.3. The van der Waals surface area contributed by atoms with Gasteiger partial charge in [0.15, 0.2) is 5.78 Å². The number of carbonyl (C=O) groups is 3. The normalized spacial score (nSPS) is 17.1. The molecular weight excluding hydrogens is 324 g/mol. The number of hydrogen-bond donors (Lipinski definition) is 2. The minimum Gasteiger partial charge on any atom is -0.481 e. The summed E-state index contributed by atoms with van der Waals surface area (Å²) in [4.78, 5) is 36.5. The third-order valence-electron chi connectivity index (χ3n) is 4.26. The summed E-state index contributed by atoms with van der Waals surface area (Å²) in [6.07, 6.45) is 6.23. The fourth-order valence-corrected chi connectivity index (χ4v) is 2.97. The van der Waals surface area contributed by atoms with Gasteiger partial charge in [0.1, 0.15) is 6.61 Å². The topological polar surface area (TPSA) is 95.9 Å². The lowest BCUT2D eigenvalue weighted by Gasteiger charge is -2.21. The Hall–Kier alpha value is -2.57.